The zero-order valence-corrected chi connectivity index (χ0v) is 18.1. The SMILES string of the molecule is OC[C@H]1O[C@](O)(c2ccc(Cl)c(Cc3ccc(O[C@@H]4CCOC4)cc3)c2)[C@H](O)[C@@H](O)[C@@H]1O. The quantitative estimate of drug-likeness (QED) is 0.421. The molecule has 0 saturated carbocycles. The van der Waals surface area contributed by atoms with Gasteiger partial charge in [0.05, 0.1) is 19.8 Å². The van der Waals surface area contributed by atoms with Gasteiger partial charge in [0.15, 0.2) is 0 Å². The van der Waals surface area contributed by atoms with E-state index >= 15 is 0 Å². The number of aliphatic hydroxyl groups excluding tert-OH is 4. The highest BCUT2D eigenvalue weighted by Crippen LogP contribution is 2.38. The molecular weight excluding hydrogens is 440 g/mol. The van der Waals surface area contributed by atoms with E-state index in [-0.39, 0.29) is 11.7 Å². The molecule has 2 fully saturated rings. The van der Waals surface area contributed by atoms with E-state index < -0.39 is 36.8 Å². The molecule has 8 nitrogen and oxygen atoms in total. The molecule has 2 aromatic carbocycles. The first-order valence-electron chi connectivity index (χ1n) is 10.5. The zero-order valence-electron chi connectivity index (χ0n) is 17.3. The number of halogens is 1. The molecule has 0 radical (unpaired) electrons. The maximum absolute atomic E-state index is 11.0. The van der Waals surface area contributed by atoms with Crippen LogP contribution in [0.4, 0.5) is 0 Å². The third-order valence-corrected chi connectivity index (χ3v) is 6.30. The number of rotatable bonds is 6. The first-order valence-corrected chi connectivity index (χ1v) is 10.9. The average molecular weight is 467 g/mol. The van der Waals surface area contributed by atoms with E-state index in [0.29, 0.717) is 30.2 Å². The van der Waals surface area contributed by atoms with Crippen LogP contribution >= 0.6 is 11.6 Å². The summed E-state index contributed by atoms with van der Waals surface area (Å²) in [6.45, 7) is 0.649. The second-order valence-corrected chi connectivity index (χ2v) is 8.60. The van der Waals surface area contributed by atoms with Gasteiger partial charge in [0.1, 0.15) is 36.3 Å². The van der Waals surface area contributed by atoms with Gasteiger partial charge in [-0.3, -0.25) is 0 Å². The van der Waals surface area contributed by atoms with Crippen LogP contribution < -0.4 is 4.74 Å². The highest BCUT2D eigenvalue weighted by Gasteiger charge is 2.53. The minimum Gasteiger partial charge on any atom is -0.488 e. The lowest BCUT2D eigenvalue weighted by molar-refractivity contribution is -0.357. The molecule has 174 valence electrons. The summed E-state index contributed by atoms with van der Waals surface area (Å²) in [6.07, 6.45) is -4.99. The molecule has 2 saturated heterocycles. The molecular formula is C23H27ClO8. The fraction of sp³-hybridized carbons (Fsp3) is 0.478. The van der Waals surface area contributed by atoms with Crippen molar-refractivity contribution < 1.29 is 39.7 Å². The molecule has 32 heavy (non-hydrogen) atoms. The molecule has 0 aromatic heterocycles. The largest absolute Gasteiger partial charge is 0.488 e. The number of benzene rings is 2. The first-order chi connectivity index (χ1) is 15.3. The van der Waals surface area contributed by atoms with E-state index in [4.69, 9.17) is 25.8 Å². The molecule has 2 aromatic rings. The van der Waals surface area contributed by atoms with Crippen molar-refractivity contribution in [1.82, 2.24) is 0 Å². The van der Waals surface area contributed by atoms with E-state index in [9.17, 15) is 25.5 Å². The molecule has 5 N–H and O–H groups in total. The molecule has 0 amide bonds. The Bertz CT molecular complexity index is 915. The minimum absolute atomic E-state index is 0.0613. The van der Waals surface area contributed by atoms with Crippen LogP contribution in [0.25, 0.3) is 0 Å². The Hall–Kier alpha value is -1.75. The van der Waals surface area contributed by atoms with Gasteiger partial charge >= 0.3 is 0 Å². The van der Waals surface area contributed by atoms with Crippen LogP contribution in [0.15, 0.2) is 42.5 Å². The second kappa shape index (κ2) is 9.62. The summed E-state index contributed by atoms with van der Waals surface area (Å²) in [5.41, 5.74) is 1.75. The summed E-state index contributed by atoms with van der Waals surface area (Å²) in [7, 11) is 0. The van der Waals surface area contributed by atoms with Gasteiger partial charge in [0.2, 0.25) is 5.79 Å². The summed E-state index contributed by atoms with van der Waals surface area (Å²) in [5.74, 6) is -1.58. The minimum atomic E-state index is -2.33. The standard InChI is InChI=1S/C23H27ClO8/c24-18-6-3-15(23(29)22(28)21(27)20(26)19(11-25)32-23)10-14(18)9-13-1-4-16(5-2-13)31-17-7-8-30-12-17/h1-6,10,17,19-22,25-29H,7-9,11-12H2/t17-,19-,20-,21+,22-,23-/m1/s1. The molecule has 9 heteroatoms. The molecule has 0 aliphatic carbocycles. The van der Waals surface area contributed by atoms with E-state index in [1.165, 1.54) is 6.07 Å². The summed E-state index contributed by atoms with van der Waals surface area (Å²) in [4.78, 5) is 0. The predicted octanol–water partition coefficient (Wildman–Crippen LogP) is 0.717. The lowest BCUT2D eigenvalue weighted by Crippen LogP contribution is -2.63. The van der Waals surface area contributed by atoms with Crippen molar-refractivity contribution in [3.63, 3.8) is 0 Å². The van der Waals surface area contributed by atoms with E-state index in [1.54, 1.807) is 12.1 Å². The summed E-state index contributed by atoms with van der Waals surface area (Å²) >= 11 is 6.37. The van der Waals surface area contributed by atoms with Gasteiger partial charge in [-0.15, -0.1) is 0 Å². The van der Waals surface area contributed by atoms with Crippen molar-refractivity contribution in [1.29, 1.82) is 0 Å². The average Bonchev–Trinajstić information content (AvgIpc) is 3.30. The summed E-state index contributed by atoms with van der Waals surface area (Å²) in [6, 6.07) is 12.2. The van der Waals surface area contributed by atoms with Crippen LogP contribution in [0, 0.1) is 0 Å². The van der Waals surface area contributed by atoms with Crippen molar-refractivity contribution >= 4 is 11.6 Å². The Balaban J connectivity index is 1.53. The van der Waals surface area contributed by atoms with Crippen molar-refractivity contribution in [2.24, 2.45) is 0 Å². The smallest absolute Gasteiger partial charge is 0.222 e. The van der Waals surface area contributed by atoms with Crippen LogP contribution in [0.5, 0.6) is 5.75 Å². The second-order valence-electron chi connectivity index (χ2n) is 8.19. The maximum Gasteiger partial charge on any atom is 0.222 e. The lowest BCUT2D eigenvalue weighted by Gasteiger charge is -2.45. The molecule has 4 rings (SSSR count). The highest BCUT2D eigenvalue weighted by atomic mass is 35.5. The lowest BCUT2D eigenvalue weighted by atomic mass is 9.87. The first kappa shape index (κ1) is 23.4. The Morgan fingerprint density at radius 3 is 2.47 bits per heavy atom. The zero-order chi connectivity index (χ0) is 22.9. The molecule has 2 aliphatic rings. The van der Waals surface area contributed by atoms with Crippen LogP contribution in [-0.2, 0) is 21.7 Å². The summed E-state index contributed by atoms with van der Waals surface area (Å²) < 4.78 is 16.6. The van der Waals surface area contributed by atoms with Gasteiger partial charge in [0, 0.05) is 17.0 Å². The topological polar surface area (TPSA) is 129 Å². The van der Waals surface area contributed by atoms with Crippen molar-refractivity contribution in [2.75, 3.05) is 19.8 Å². The van der Waals surface area contributed by atoms with Gasteiger partial charge in [-0.05, 0) is 41.8 Å². The fourth-order valence-corrected chi connectivity index (χ4v) is 4.21. The highest BCUT2D eigenvalue weighted by molar-refractivity contribution is 6.31. The van der Waals surface area contributed by atoms with Gasteiger partial charge < -0.3 is 39.7 Å². The number of ether oxygens (including phenoxy) is 3. The third kappa shape index (κ3) is 4.64. The van der Waals surface area contributed by atoms with Gasteiger partial charge in [-0.1, -0.05) is 29.8 Å². The predicted molar refractivity (Wildman–Crippen MR) is 114 cm³/mol. The van der Waals surface area contributed by atoms with Crippen molar-refractivity contribution in [3.05, 3.63) is 64.2 Å². The number of hydrogen-bond donors (Lipinski definition) is 5. The van der Waals surface area contributed by atoms with Gasteiger partial charge in [-0.2, -0.15) is 0 Å². The fourth-order valence-electron chi connectivity index (χ4n) is 4.03. The molecule has 0 spiro atoms. The third-order valence-electron chi connectivity index (χ3n) is 5.93. The normalized spacial score (nSPS) is 32.8. The van der Waals surface area contributed by atoms with Crippen LogP contribution in [-0.4, -0.2) is 75.9 Å². The number of hydrogen-bond acceptors (Lipinski definition) is 8. The number of aliphatic hydroxyl groups is 5. The Labute approximate surface area is 190 Å². The molecule has 6 atom stereocenters. The van der Waals surface area contributed by atoms with Crippen molar-refractivity contribution in [3.8, 4) is 5.75 Å². The molecule has 2 heterocycles. The van der Waals surface area contributed by atoms with Gasteiger partial charge in [-0.25, -0.2) is 0 Å². The molecule has 0 bridgehead atoms. The van der Waals surface area contributed by atoms with Crippen LogP contribution in [0.1, 0.15) is 23.1 Å². The Kier molecular flexibility index (Phi) is 7.04. The van der Waals surface area contributed by atoms with E-state index in [2.05, 4.69) is 0 Å². The molecule has 0 unspecified atom stereocenters. The van der Waals surface area contributed by atoms with Crippen LogP contribution in [0.3, 0.4) is 0 Å². The van der Waals surface area contributed by atoms with Gasteiger partial charge in [0.25, 0.3) is 0 Å². The Morgan fingerprint density at radius 1 is 1.06 bits per heavy atom. The Morgan fingerprint density at radius 2 is 1.81 bits per heavy atom. The summed E-state index contributed by atoms with van der Waals surface area (Å²) in [5, 5.41) is 51.4. The maximum atomic E-state index is 11.0. The van der Waals surface area contributed by atoms with Crippen molar-refractivity contribution in [2.45, 2.75) is 49.1 Å². The van der Waals surface area contributed by atoms with E-state index in [1.807, 2.05) is 24.3 Å². The van der Waals surface area contributed by atoms with E-state index in [0.717, 1.165) is 17.7 Å². The monoisotopic (exact) mass is 466 g/mol. The molecule has 2 aliphatic heterocycles. The van der Waals surface area contributed by atoms with Crippen LogP contribution in [0.2, 0.25) is 5.02 Å².